The predicted octanol–water partition coefficient (Wildman–Crippen LogP) is 1.20. The Kier molecular flexibility index (Phi) is 1.78. The fourth-order valence-electron chi connectivity index (χ4n) is 0.241. The van der Waals surface area contributed by atoms with E-state index in [0.29, 0.717) is 6.10 Å². The lowest BCUT2D eigenvalue weighted by Crippen LogP contribution is -1.90. The van der Waals surface area contributed by atoms with Crippen molar-refractivity contribution in [3.8, 4) is 0 Å². The number of ether oxygens (including phenoxy) is 2. The molecular formula is C7H14O2. The molecule has 0 aromatic rings. The Balaban J connectivity index is 0.0000000922. The second kappa shape index (κ2) is 2.27. The van der Waals surface area contributed by atoms with Gasteiger partial charge in [0.15, 0.2) is 0 Å². The van der Waals surface area contributed by atoms with Crippen LogP contribution in [0.3, 0.4) is 0 Å². The summed E-state index contributed by atoms with van der Waals surface area (Å²) in [6, 6.07) is 0. The Morgan fingerprint density at radius 3 is 1.67 bits per heavy atom. The van der Waals surface area contributed by atoms with Crippen LogP contribution in [-0.2, 0) is 9.47 Å². The Bertz CT molecular complexity index is 89.1. The standard InChI is InChI=1S/C4H8O.C3H6O/c1-4(2)3-5-4;1-3-2-4-3/h3H2,1-2H3;3H,2H2,1H3/t;3-/m.1/s1. The maximum absolute atomic E-state index is 4.90. The molecular weight excluding hydrogens is 116 g/mol. The van der Waals surface area contributed by atoms with E-state index in [2.05, 4.69) is 20.8 Å². The van der Waals surface area contributed by atoms with Gasteiger partial charge in [0, 0.05) is 0 Å². The maximum atomic E-state index is 4.90. The molecule has 0 amide bonds. The molecule has 2 fully saturated rings. The van der Waals surface area contributed by atoms with Crippen LogP contribution in [0.2, 0.25) is 0 Å². The van der Waals surface area contributed by atoms with Crippen LogP contribution >= 0.6 is 0 Å². The van der Waals surface area contributed by atoms with Gasteiger partial charge in [-0.2, -0.15) is 0 Å². The molecule has 0 N–H and O–H groups in total. The fourth-order valence-corrected chi connectivity index (χ4v) is 0.241. The summed E-state index contributed by atoms with van der Waals surface area (Å²) in [4.78, 5) is 0. The summed E-state index contributed by atoms with van der Waals surface area (Å²) in [7, 11) is 0. The summed E-state index contributed by atoms with van der Waals surface area (Å²) in [5, 5.41) is 0. The van der Waals surface area contributed by atoms with E-state index in [1.54, 1.807) is 0 Å². The topological polar surface area (TPSA) is 25.1 Å². The lowest BCUT2D eigenvalue weighted by Gasteiger charge is -1.81. The van der Waals surface area contributed by atoms with Crippen LogP contribution in [0.5, 0.6) is 0 Å². The van der Waals surface area contributed by atoms with Crippen LogP contribution in [0.4, 0.5) is 0 Å². The second-order valence-electron chi connectivity index (χ2n) is 3.19. The molecule has 2 aliphatic rings. The lowest BCUT2D eigenvalue weighted by atomic mass is 10.3. The summed E-state index contributed by atoms with van der Waals surface area (Å²) in [5.41, 5.74) is 0.250. The van der Waals surface area contributed by atoms with Gasteiger partial charge >= 0.3 is 0 Å². The van der Waals surface area contributed by atoms with Crippen molar-refractivity contribution in [1.29, 1.82) is 0 Å². The third-order valence-corrected chi connectivity index (χ3v) is 1.22. The van der Waals surface area contributed by atoms with Crippen molar-refractivity contribution in [2.45, 2.75) is 32.5 Å². The molecule has 54 valence electrons. The van der Waals surface area contributed by atoms with Crippen molar-refractivity contribution in [2.75, 3.05) is 13.2 Å². The molecule has 2 aliphatic heterocycles. The van der Waals surface area contributed by atoms with Gasteiger partial charge in [-0.05, 0) is 20.8 Å². The third-order valence-electron chi connectivity index (χ3n) is 1.22. The van der Waals surface area contributed by atoms with Gasteiger partial charge in [-0.15, -0.1) is 0 Å². The van der Waals surface area contributed by atoms with E-state index in [-0.39, 0.29) is 5.60 Å². The van der Waals surface area contributed by atoms with E-state index in [9.17, 15) is 0 Å². The Morgan fingerprint density at radius 2 is 1.67 bits per heavy atom. The SMILES string of the molecule is CC1(C)CO1.C[C@@H]1CO1. The minimum Gasteiger partial charge on any atom is -0.373 e. The van der Waals surface area contributed by atoms with Gasteiger partial charge in [0.05, 0.1) is 24.9 Å². The Morgan fingerprint density at radius 1 is 1.44 bits per heavy atom. The van der Waals surface area contributed by atoms with Crippen molar-refractivity contribution in [1.82, 2.24) is 0 Å². The van der Waals surface area contributed by atoms with E-state index in [0.717, 1.165) is 13.2 Å². The summed E-state index contributed by atoms with van der Waals surface area (Å²) < 4.78 is 9.60. The number of epoxide rings is 2. The third kappa shape index (κ3) is 4.43. The zero-order valence-corrected chi connectivity index (χ0v) is 6.31. The molecule has 0 aromatic carbocycles. The van der Waals surface area contributed by atoms with Crippen LogP contribution < -0.4 is 0 Å². The Labute approximate surface area is 56.2 Å². The van der Waals surface area contributed by atoms with Crippen molar-refractivity contribution in [2.24, 2.45) is 0 Å². The predicted molar refractivity (Wildman–Crippen MR) is 35.4 cm³/mol. The lowest BCUT2D eigenvalue weighted by molar-refractivity contribution is 0.344. The number of rotatable bonds is 0. The van der Waals surface area contributed by atoms with E-state index < -0.39 is 0 Å². The zero-order chi connectivity index (χ0) is 6.91. The highest BCUT2D eigenvalue weighted by atomic mass is 16.6. The van der Waals surface area contributed by atoms with Gasteiger partial charge in [0.1, 0.15) is 0 Å². The molecule has 2 heterocycles. The highest BCUT2D eigenvalue weighted by Crippen LogP contribution is 2.23. The molecule has 0 aliphatic carbocycles. The first-order valence-electron chi connectivity index (χ1n) is 3.36. The monoisotopic (exact) mass is 130 g/mol. The largest absolute Gasteiger partial charge is 0.373 e. The molecule has 2 rings (SSSR count). The average Bonchev–Trinajstić information content (AvgIpc) is 2.54. The summed E-state index contributed by atoms with van der Waals surface area (Å²) in [6.07, 6.45) is 0.583. The quantitative estimate of drug-likeness (QED) is 0.460. The summed E-state index contributed by atoms with van der Waals surface area (Å²) >= 11 is 0. The first-order chi connectivity index (χ1) is 4.10. The molecule has 0 saturated carbocycles. The minimum atomic E-state index is 0.250. The highest BCUT2D eigenvalue weighted by Gasteiger charge is 2.32. The summed E-state index contributed by atoms with van der Waals surface area (Å²) in [6.45, 7) is 8.15. The molecule has 2 heteroatoms. The molecule has 9 heavy (non-hydrogen) atoms. The highest BCUT2D eigenvalue weighted by molar-refractivity contribution is 4.79. The van der Waals surface area contributed by atoms with Gasteiger partial charge < -0.3 is 9.47 Å². The van der Waals surface area contributed by atoms with E-state index in [1.807, 2.05) is 0 Å². The van der Waals surface area contributed by atoms with Gasteiger partial charge in [0.2, 0.25) is 0 Å². The molecule has 0 unspecified atom stereocenters. The first-order valence-corrected chi connectivity index (χ1v) is 3.36. The van der Waals surface area contributed by atoms with Gasteiger partial charge in [-0.1, -0.05) is 0 Å². The molecule has 0 aromatic heterocycles. The molecule has 2 nitrogen and oxygen atoms in total. The minimum absolute atomic E-state index is 0.250. The van der Waals surface area contributed by atoms with Crippen molar-refractivity contribution in [3.05, 3.63) is 0 Å². The van der Waals surface area contributed by atoms with E-state index >= 15 is 0 Å². The molecule has 0 spiro atoms. The van der Waals surface area contributed by atoms with Crippen LogP contribution in [-0.4, -0.2) is 24.9 Å². The first kappa shape index (κ1) is 7.03. The molecule has 0 radical (unpaired) electrons. The van der Waals surface area contributed by atoms with E-state index in [4.69, 9.17) is 9.47 Å². The molecule has 1 atom stereocenters. The average molecular weight is 130 g/mol. The number of hydrogen-bond donors (Lipinski definition) is 0. The van der Waals surface area contributed by atoms with Crippen molar-refractivity contribution >= 4 is 0 Å². The van der Waals surface area contributed by atoms with Gasteiger partial charge in [0.25, 0.3) is 0 Å². The normalized spacial score (nSPS) is 34.3. The second-order valence-corrected chi connectivity index (χ2v) is 3.19. The van der Waals surface area contributed by atoms with Gasteiger partial charge in [-0.25, -0.2) is 0 Å². The fraction of sp³-hybridized carbons (Fsp3) is 1.00. The van der Waals surface area contributed by atoms with Crippen LogP contribution in [0.1, 0.15) is 20.8 Å². The van der Waals surface area contributed by atoms with Gasteiger partial charge in [-0.3, -0.25) is 0 Å². The maximum Gasteiger partial charge on any atom is 0.0860 e. The smallest absolute Gasteiger partial charge is 0.0860 e. The Hall–Kier alpha value is -0.0800. The van der Waals surface area contributed by atoms with E-state index in [1.165, 1.54) is 0 Å². The van der Waals surface area contributed by atoms with Crippen molar-refractivity contribution in [3.63, 3.8) is 0 Å². The van der Waals surface area contributed by atoms with Crippen LogP contribution in [0, 0.1) is 0 Å². The summed E-state index contributed by atoms with van der Waals surface area (Å²) in [5.74, 6) is 0. The molecule has 2 saturated heterocycles. The van der Waals surface area contributed by atoms with Crippen molar-refractivity contribution < 1.29 is 9.47 Å². The number of hydrogen-bond acceptors (Lipinski definition) is 2. The van der Waals surface area contributed by atoms with Crippen LogP contribution in [0.15, 0.2) is 0 Å². The molecule has 0 bridgehead atoms. The van der Waals surface area contributed by atoms with Crippen LogP contribution in [0.25, 0.3) is 0 Å². The zero-order valence-electron chi connectivity index (χ0n) is 6.31.